The number of rotatable bonds is 7. The van der Waals surface area contributed by atoms with Crippen LogP contribution < -0.4 is 5.32 Å². The van der Waals surface area contributed by atoms with Crippen molar-refractivity contribution in [2.75, 3.05) is 32.4 Å². The second-order valence-corrected chi connectivity index (χ2v) is 21.4. The van der Waals surface area contributed by atoms with Crippen LogP contribution in [0.4, 0.5) is 4.39 Å². The van der Waals surface area contributed by atoms with E-state index in [9.17, 15) is 17.6 Å². The second kappa shape index (κ2) is 12.6. The van der Waals surface area contributed by atoms with Crippen LogP contribution in [-0.2, 0) is 14.6 Å². The van der Waals surface area contributed by atoms with E-state index in [1.54, 1.807) is 0 Å². The maximum absolute atomic E-state index is 14.6. The zero-order valence-electron chi connectivity index (χ0n) is 30.8. The Labute approximate surface area is 291 Å². The molecule has 270 valence electrons. The van der Waals surface area contributed by atoms with Crippen molar-refractivity contribution < 1.29 is 17.6 Å². The number of hydrogen-bond donors (Lipinski definition) is 1. The van der Waals surface area contributed by atoms with E-state index in [0.717, 1.165) is 69.1 Å². The summed E-state index contributed by atoms with van der Waals surface area (Å²) in [6, 6.07) is 0. The van der Waals surface area contributed by atoms with Gasteiger partial charge < -0.3 is 10.2 Å². The molecule has 7 aliphatic rings. The van der Waals surface area contributed by atoms with Crippen LogP contribution >= 0.6 is 0 Å². The molecule has 7 unspecified atom stereocenters. The van der Waals surface area contributed by atoms with Gasteiger partial charge in [-0.1, -0.05) is 51.8 Å². The van der Waals surface area contributed by atoms with Gasteiger partial charge in [-0.05, 0) is 161 Å². The molecule has 7 rings (SSSR count). The number of allylic oxidation sites excluding steroid dienone is 4. The van der Waals surface area contributed by atoms with Crippen molar-refractivity contribution in [1.82, 2.24) is 10.2 Å². The Morgan fingerprint density at radius 1 is 0.875 bits per heavy atom. The highest BCUT2D eigenvalue weighted by Gasteiger charge is 2.65. The van der Waals surface area contributed by atoms with Gasteiger partial charge in [-0.2, -0.15) is 0 Å². The summed E-state index contributed by atoms with van der Waals surface area (Å²) in [6.45, 7) is 14.3. The summed E-state index contributed by atoms with van der Waals surface area (Å²) in [5.41, 5.74) is 2.32. The van der Waals surface area contributed by atoms with Crippen LogP contribution in [0, 0.1) is 45.8 Å². The van der Waals surface area contributed by atoms with Crippen LogP contribution in [0.1, 0.15) is 130 Å². The molecule has 1 saturated heterocycles. The van der Waals surface area contributed by atoms with Gasteiger partial charge in [0, 0.05) is 24.9 Å². The number of carbonyl (C=O) groups is 1. The van der Waals surface area contributed by atoms with Crippen molar-refractivity contribution >= 4 is 16.1 Å². The van der Waals surface area contributed by atoms with Crippen molar-refractivity contribution in [3.8, 4) is 0 Å². The highest BCUT2D eigenvalue weighted by atomic mass is 32.2. The van der Waals surface area contributed by atoms with Crippen molar-refractivity contribution in [1.29, 1.82) is 0 Å². The largest absolute Gasteiger partial charge is 0.310 e. The average molecular weight is 685 g/mol. The van der Waals surface area contributed by atoms with Crippen molar-refractivity contribution in [3.05, 3.63) is 23.3 Å². The Morgan fingerprint density at radius 2 is 1.60 bits per heavy atom. The van der Waals surface area contributed by atoms with E-state index in [-0.39, 0.29) is 10.7 Å². The molecular formula is C41H65FN2O3S. The van der Waals surface area contributed by atoms with Gasteiger partial charge in [0.1, 0.15) is 9.84 Å². The number of halogens is 1. The number of likely N-dealkylation sites (tertiary alicyclic amines) is 1. The van der Waals surface area contributed by atoms with E-state index in [4.69, 9.17) is 0 Å². The third-order valence-electron chi connectivity index (χ3n) is 16.5. The van der Waals surface area contributed by atoms with E-state index < -0.39 is 15.5 Å². The summed E-state index contributed by atoms with van der Waals surface area (Å²) in [4.78, 5) is 13.8. The Morgan fingerprint density at radius 3 is 2.29 bits per heavy atom. The first kappa shape index (κ1) is 35.4. The fraction of sp³-hybridized carbons (Fsp3) is 0.878. The number of alkyl halides is 1. The molecule has 0 aromatic rings. The summed E-state index contributed by atoms with van der Waals surface area (Å²) in [6.07, 6.45) is 23.9. The third kappa shape index (κ3) is 5.94. The lowest BCUT2D eigenvalue weighted by atomic mass is 9.37. The molecular weight excluding hydrogens is 620 g/mol. The molecule has 0 aromatic heterocycles. The number of carbonyl (C=O) groups excluding carboxylic acids is 1. The van der Waals surface area contributed by atoms with Gasteiger partial charge in [-0.15, -0.1) is 0 Å². The maximum atomic E-state index is 14.6. The molecule has 0 aromatic carbocycles. The van der Waals surface area contributed by atoms with Gasteiger partial charge in [0.15, 0.2) is 12.0 Å². The standard InChI is InChI=1S/C41H65FN2O3S/c1-37(2)30(27-29-10-20-40(42,28-45)21-11-29)12-18-39(4)35(37)14-19-38(3)33-13-22-41(17-6-7-34(41)32(33)8-9-36(38)39)43-23-26-44-24-15-31(16-25-44)48(5,46)47/h12,27-28,31-36,43H,6-11,13-26H2,1-5H3/t32?,33?,34-,35?,36?,38?,39?,40?,41?/m1/s1. The van der Waals surface area contributed by atoms with Crippen molar-refractivity contribution in [2.24, 2.45) is 45.8 Å². The van der Waals surface area contributed by atoms with E-state index >= 15 is 0 Å². The smallest absolute Gasteiger partial charge is 0.166 e. The third-order valence-corrected chi connectivity index (χ3v) is 18.2. The van der Waals surface area contributed by atoms with Crippen LogP contribution in [0.2, 0.25) is 0 Å². The number of hydrogen-bond acceptors (Lipinski definition) is 5. The minimum Gasteiger partial charge on any atom is -0.310 e. The Bertz CT molecular complexity index is 1400. The summed E-state index contributed by atoms with van der Waals surface area (Å²) >= 11 is 0. The summed E-state index contributed by atoms with van der Waals surface area (Å²) in [5, 5.41) is 4.05. The van der Waals surface area contributed by atoms with Crippen LogP contribution in [0.3, 0.4) is 0 Å². The van der Waals surface area contributed by atoms with Crippen LogP contribution in [0.15, 0.2) is 23.3 Å². The first-order chi connectivity index (χ1) is 22.6. The highest BCUT2D eigenvalue weighted by Crippen LogP contribution is 2.72. The maximum Gasteiger partial charge on any atom is 0.166 e. The van der Waals surface area contributed by atoms with Crippen molar-refractivity contribution in [2.45, 2.75) is 147 Å². The molecule has 8 atom stereocenters. The molecule has 1 N–H and O–H groups in total. The predicted molar refractivity (Wildman–Crippen MR) is 193 cm³/mol. The molecule has 0 spiro atoms. The first-order valence-corrected chi connectivity index (χ1v) is 21.8. The SMILES string of the molecule is CC1(C)C(C=C2CCC(F)(C=O)CC2)=CCC2(C)C1CCC1(C)C3CCC4(NCCN5CCC(S(C)(=O)=O)CC5)CCC[C@@H]4C3CCC12. The molecule has 7 heteroatoms. The van der Waals surface area contributed by atoms with Gasteiger partial charge >= 0.3 is 0 Å². The Kier molecular flexibility index (Phi) is 9.26. The van der Waals surface area contributed by atoms with Crippen LogP contribution in [0.5, 0.6) is 0 Å². The van der Waals surface area contributed by atoms with E-state index in [1.165, 1.54) is 75.2 Å². The lowest BCUT2D eigenvalue weighted by Crippen LogP contribution is -2.63. The number of aldehydes is 1. The minimum absolute atomic E-state index is 0.101. The van der Waals surface area contributed by atoms with E-state index in [2.05, 4.69) is 50.1 Å². The second-order valence-electron chi connectivity index (χ2n) is 19.0. The molecule has 5 nitrogen and oxygen atoms in total. The molecule has 5 saturated carbocycles. The number of fused-ring (bicyclic) bond motifs is 7. The van der Waals surface area contributed by atoms with Crippen molar-refractivity contribution in [3.63, 3.8) is 0 Å². The fourth-order valence-electron chi connectivity index (χ4n) is 13.9. The van der Waals surface area contributed by atoms with Gasteiger partial charge in [0.25, 0.3) is 0 Å². The fourth-order valence-corrected chi connectivity index (χ4v) is 15.0. The lowest BCUT2D eigenvalue weighted by Gasteiger charge is -2.68. The van der Waals surface area contributed by atoms with Gasteiger partial charge in [-0.25, -0.2) is 12.8 Å². The minimum atomic E-state index is -2.92. The molecule has 6 aliphatic carbocycles. The Balaban J connectivity index is 1.02. The molecule has 0 radical (unpaired) electrons. The zero-order chi connectivity index (χ0) is 34.2. The van der Waals surface area contributed by atoms with Crippen LogP contribution in [0.25, 0.3) is 0 Å². The van der Waals surface area contributed by atoms with Gasteiger partial charge in [-0.3, -0.25) is 4.79 Å². The molecule has 1 aliphatic heterocycles. The topological polar surface area (TPSA) is 66.5 Å². The lowest BCUT2D eigenvalue weighted by molar-refractivity contribution is -0.175. The molecule has 0 amide bonds. The molecule has 6 fully saturated rings. The van der Waals surface area contributed by atoms with E-state index in [0.29, 0.717) is 54.3 Å². The quantitative estimate of drug-likeness (QED) is 0.274. The summed E-state index contributed by atoms with van der Waals surface area (Å²) in [7, 11) is -2.92. The normalized spacial score (nSPS) is 44.9. The molecule has 0 bridgehead atoms. The highest BCUT2D eigenvalue weighted by molar-refractivity contribution is 7.91. The summed E-state index contributed by atoms with van der Waals surface area (Å²) in [5.74, 6) is 3.90. The number of sulfone groups is 1. The zero-order valence-corrected chi connectivity index (χ0v) is 31.6. The Hall–Kier alpha value is -1.05. The van der Waals surface area contributed by atoms with Gasteiger partial charge in [0.05, 0.1) is 5.25 Å². The average Bonchev–Trinajstić information content (AvgIpc) is 3.48. The number of nitrogens with zero attached hydrogens (tertiary/aromatic N) is 1. The summed E-state index contributed by atoms with van der Waals surface area (Å²) < 4.78 is 38.7. The molecule has 1 heterocycles. The predicted octanol–water partition coefficient (Wildman–Crippen LogP) is 8.25. The molecule has 48 heavy (non-hydrogen) atoms. The monoisotopic (exact) mass is 684 g/mol. The van der Waals surface area contributed by atoms with Gasteiger partial charge in [0.2, 0.25) is 0 Å². The van der Waals surface area contributed by atoms with E-state index in [1.807, 2.05) is 0 Å². The number of nitrogens with one attached hydrogen (secondary N) is 1. The first-order valence-electron chi connectivity index (χ1n) is 19.9. The number of piperidine rings is 1. The van der Waals surface area contributed by atoms with Crippen LogP contribution in [-0.4, -0.2) is 68.5 Å².